The molecule has 0 atom stereocenters. The summed E-state index contributed by atoms with van der Waals surface area (Å²) in [6, 6.07) is 55.0. The van der Waals surface area contributed by atoms with Crippen LogP contribution in [0.15, 0.2) is 183 Å². The number of rotatable bonds is 15. The highest BCUT2D eigenvalue weighted by molar-refractivity contribution is 5.86. The molecular weight excluding hydrogens is 761 g/mol. The molecule has 0 unspecified atom stereocenters. The summed E-state index contributed by atoms with van der Waals surface area (Å²) in [5, 5.41) is 9.43. The minimum atomic E-state index is 0.657. The summed E-state index contributed by atoms with van der Waals surface area (Å²) in [7, 11) is 0. The molecule has 0 amide bonds. The summed E-state index contributed by atoms with van der Waals surface area (Å²) in [6.45, 7) is 3.98. The molecule has 0 N–H and O–H groups in total. The first kappa shape index (κ1) is 38.9. The molecular formula is C54H46N8. The van der Waals surface area contributed by atoms with E-state index in [0.29, 0.717) is 39.3 Å². The van der Waals surface area contributed by atoms with Crippen LogP contribution in [0.5, 0.6) is 0 Å². The average Bonchev–Trinajstić information content (AvgIpc) is 3.32. The number of pyridine rings is 6. The summed E-state index contributed by atoms with van der Waals surface area (Å²) >= 11 is 0. The second-order valence-corrected chi connectivity index (χ2v) is 15.9. The van der Waals surface area contributed by atoms with Crippen molar-refractivity contribution in [3.8, 4) is 0 Å². The molecule has 0 spiro atoms. The molecule has 4 aromatic carbocycles. The normalized spacial score (nSPS) is 11.7. The number of fused-ring (bicyclic) bond motifs is 4. The maximum Gasteiger partial charge on any atom is 0.0622 e. The summed E-state index contributed by atoms with van der Waals surface area (Å²) in [5.41, 5.74) is 8.32. The maximum atomic E-state index is 5.22. The molecule has 10 aromatic rings. The van der Waals surface area contributed by atoms with Crippen molar-refractivity contribution in [2.75, 3.05) is 0 Å². The van der Waals surface area contributed by atoms with E-state index >= 15 is 0 Å². The Kier molecular flexibility index (Phi) is 11.4. The first-order valence-electron chi connectivity index (χ1n) is 21.3. The van der Waals surface area contributed by atoms with Crippen LogP contribution in [0.25, 0.3) is 43.1 Å². The van der Waals surface area contributed by atoms with E-state index in [2.05, 4.69) is 168 Å². The fraction of sp³-hybridized carbons (Fsp3) is 0.148. The lowest BCUT2D eigenvalue weighted by atomic mass is 10.1. The van der Waals surface area contributed by atoms with Gasteiger partial charge in [0, 0.05) is 97.0 Å². The van der Waals surface area contributed by atoms with Gasteiger partial charge in [-0.15, -0.1) is 0 Å². The number of nitrogens with zero attached hydrogens (tertiary/aromatic N) is 8. The number of benzene rings is 4. The molecule has 62 heavy (non-hydrogen) atoms. The quantitative estimate of drug-likeness (QED) is 0.101. The number of hydrogen-bond donors (Lipinski definition) is 0. The third-order valence-electron chi connectivity index (χ3n) is 11.7. The van der Waals surface area contributed by atoms with Crippen molar-refractivity contribution in [2.45, 2.75) is 52.1 Å². The molecule has 0 fully saturated rings. The van der Waals surface area contributed by atoms with E-state index in [0.717, 1.165) is 58.4 Å². The van der Waals surface area contributed by atoms with Crippen molar-refractivity contribution in [1.82, 2.24) is 39.7 Å². The molecule has 0 saturated heterocycles. The Labute approximate surface area is 361 Å². The van der Waals surface area contributed by atoms with E-state index in [1.165, 1.54) is 43.1 Å². The summed E-state index contributed by atoms with van der Waals surface area (Å²) in [6.07, 6.45) is 9.21. The van der Waals surface area contributed by atoms with Crippen molar-refractivity contribution in [1.29, 1.82) is 0 Å². The number of hydrogen-bond acceptors (Lipinski definition) is 8. The first-order chi connectivity index (χ1) is 30.7. The summed E-state index contributed by atoms with van der Waals surface area (Å²) in [4.78, 5) is 34.7. The van der Waals surface area contributed by atoms with E-state index in [1.807, 2.05) is 24.8 Å². The van der Waals surface area contributed by atoms with Gasteiger partial charge in [-0.2, -0.15) is 0 Å². The zero-order valence-electron chi connectivity index (χ0n) is 34.6. The van der Waals surface area contributed by atoms with Gasteiger partial charge in [-0.25, -0.2) is 0 Å². The fourth-order valence-corrected chi connectivity index (χ4v) is 8.64. The third-order valence-corrected chi connectivity index (χ3v) is 11.7. The Hall–Kier alpha value is -7.26. The van der Waals surface area contributed by atoms with E-state index < -0.39 is 0 Å². The second kappa shape index (κ2) is 18.2. The van der Waals surface area contributed by atoms with Gasteiger partial charge in [-0.3, -0.25) is 39.7 Å². The number of aryl methyl sites for hydroxylation is 2. The highest BCUT2D eigenvalue weighted by atomic mass is 15.2. The van der Waals surface area contributed by atoms with Gasteiger partial charge in [0.1, 0.15) is 0 Å². The first-order valence-corrected chi connectivity index (χ1v) is 21.3. The maximum absolute atomic E-state index is 5.22. The zero-order valence-corrected chi connectivity index (χ0v) is 34.6. The lowest BCUT2D eigenvalue weighted by molar-refractivity contribution is 0.240. The largest absolute Gasteiger partial charge is 0.286 e. The smallest absolute Gasteiger partial charge is 0.0622 e. The van der Waals surface area contributed by atoms with Crippen molar-refractivity contribution in [2.24, 2.45) is 0 Å². The highest BCUT2D eigenvalue weighted by Crippen LogP contribution is 2.25. The molecule has 0 bridgehead atoms. The molecule has 0 aliphatic carbocycles. The lowest BCUT2D eigenvalue weighted by Gasteiger charge is -2.23. The highest BCUT2D eigenvalue weighted by Gasteiger charge is 2.17. The Balaban J connectivity index is 0.875. The van der Waals surface area contributed by atoms with Crippen molar-refractivity contribution >= 4 is 43.1 Å². The lowest BCUT2D eigenvalue weighted by Crippen LogP contribution is -2.24. The topological polar surface area (TPSA) is 83.8 Å². The Morgan fingerprint density at radius 3 is 0.887 bits per heavy atom. The van der Waals surface area contributed by atoms with E-state index in [4.69, 9.17) is 29.9 Å². The van der Waals surface area contributed by atoms with Gasteiger partial charge in [-0.1, -0.05) is 109 Å². The van der Waals surface area contributed by atoms with E-state index in [1.54, 1.807) is 0 Å². The second-order valence-electron chi connectivity index (χ2n) is 15.9. The monoisotopic (exact) mass is 806 g/mol. The van der Waals surface area contributed by atoms with Gasteiger partial charge >= 0.3 is 0 Å². The third kappa shape index (κ3) is 8.93. The van der Waals surface area contributed by atoms with Crippen molar-refractivity contribution in [3.05, 3.63) is 228 Å². The van der Waals surface area contributed by atoms with Gasteiger partial charge in [0.05, 0.1) is 34.2 Å². The van der Waals surface area contributed by atoms with Crippen LogP contribution in [0.2, 0.25) is 0 Å². The standard InChI is InChI=1S/C54H46N8/c1-5-19-47-39(11-1)25-29-55-51(47)35-61(36-52-48-20-6-2-12-40(48)26-30-56-52)33-45-17-9-15-43(59-45)23-24-44-16-10-18-46(60-44)34-62(37-53-49-21-7-3-13-41(49)27-31-57-53)38-54-50-22-8-4-14-42(50)28-32-58-54/h1-22,25-32H,23-24,33-38H2. The van der Waals surface area contributed by atoms with E-state index in [-0.39, 0.29) is 0 Å². The minimum Gasteiger partial charge on any atom is -0.286 e. The molecule has 0 aliphatic rings. The predicted molar refractivity (Wildman–Crippen MR) is 249 cm³/mol. The Morgan fingerprint density at radius 1 is 0.274 bits per heavy atom. The van der Waals surface area contributed by atoms with Crippen LogP contribution in [0.4, 0.5) is 0 Å². The molecule has 0 radical (unpaired) electrons. The van der Waals surface area contributed by atoms with Gasteiger partial charge in [-0.05, 0) is 82.9 Å². The molecule has 8 nitrogen and oxygen atoms in total. The number of aromatic nitrogens is 6. The van der Waals surface area contributed by atoms with Gasteiger partial charge in [0.25, 0.3) is 0 Å². The predicted octanol–water partition coefficient (Wildman–Crippen LogP) is 10.9. The van der Waals surface area contributed by atoms with Crippen molar-refractivity contribution < 1.29 is 0 Å². The van der Waals surface area contributed by atoms with E-state index in [9.17, 15) is 0 Å². The Morgan fingerprint density at radius 2 is 0.565 bits per heavy atom. The molecule has 10 rings (SSSR count). The van der Waals surface area contributed by atoms with Gasteiger partial charge in [0.15, 0.2) is 0 Å². The fourth-order valence-electron chi connectivity index (χ4n) is 8.64. The molecule has 0 saturated carbocycles. The molecule has 8 heteroatoms. The van der Waals surface area contributed by atoms with Crippen LogP contribution < -0.4 is 0 Å². The zero-order chi connectivity index (χ0) is 41.5. The van der Waals surface area contributed by atoms with Crippen LogP contribution in [0.3, 0.4) is 0 Å². The summed E-state index contributed by atoms with van der Waals surface area (Å²) in [5.74, 6) is 0. The van der Waals surface area contributed by atoms with Crippen LogP contribution in [0.1, 0.15) is 45.6 Å². The van der Waals surface area contributed by atoms with Crippen molar-refractivity contribution in [3.63, 3.8) is 0 Å². The molecule has 6 heterocycles. The van der Waals surface area contributed by atoms with Gasteiger partial charge in [0.2, 0.25) is 0 Å². The molecule has 6 aromatic heterocycles. The summed E-state index contributed by atoms with van der Waals surface area (Å²) < 4.78 is 0. The van der Waals surface area contributed by atoms with Crippen LogP contribution in [0, 0.1) is 0 Å². The molecule has 302 valence electrons. The van der Waals surface area contributed by atoms with Crippen LogP contribution in [-0.4, -0.2) is 39.7 Å². The molecule has 0 aliphatic heterocycles. The van der Waals surface area contributed by atoms with Crippen LogP contribution >= 0.6 is 0 Å². The van der Waals surface area contributed by atoms with Crippen LogP contribution in [-0.2, 0) is 52.1 Å². The average molecular weight is 807 g/mol. The minimum absolute atomic E-state index is 0.657. The Bertz CT molecular complexity index is 2750. The SMILES string of the molecule is c1cc(CCc2cccc(CN(Cc3nccc4ccccc34)Cc3nccc4ccccc34)n2)nc(CN(Cc2nccc3ccccc23)Cc2nccc3ccccc23)c1. The van der Waals surface area contributed by atoms with Gasteiger partial charge < -0.3 is 0 Å².